The van der Waals surface area contributed by atoms with Crippen LogP contribution in [-0.2, 0) is 6.54 Å². The molecule has 6 rings (SSSR count). The Morgan fingerprint density at radius 3 is 2.91 bits per heavy atom. The second kappa shape index (κ2) is 8.61. The molecule has 0 aliphatic carbocycles. The first-order valence-corrected chi connectivity index (χ1v) is 12.4. The highest BCUT2D eigenvalue weighted by atomic mass is 35.5. The van der Waals surface area contributed by atoms with Crippen molar-refractivity contribution in [3.05, 3.63) is 40.3 Å². The molecular weight excluding hydrogens is 474 g/mol. The summed E-state index contributed by atoms with van der Waals surface area (Å²) in [6.45, 7) is 5.40. The van der Waals surface area contributed by atoms with Gasteiger partial charge in [-0.2, -0.15) is 4.98 Å². The predicted octanol–water partition coefficient (Wildman–Crippen LogP) is 4.22. The fourth-order valence-corrected chi connectivity index (χ4v) is 5.68. The number of carbonyl (C=O) groups is 1. The number of fused-ring (bicyclic) bond motifs is 5. The summed E-state index contributed by atoms with van der Waals surface area (Å²) in [6, 6.07) is 3.90. The van der Waals surface area contributed by atoms with E-state index in [-0.39, 0.29) is 17.2 Å². The minimum atomic E-state index is -0.0686. The molecule has 0 bridgehead atoms. The Morgan fingerprint density at radius 1 is 1.21 bits per heavy atom. The standard InChI is InChI=1S/C23H22ClN7O2S/c1-12-8-25-19-17-15(34-20(19)21(32)28-12)5-4-14-18(17)26-10-16(29-14)33-22-13(9-27-23(24)30-22)11-31-6-2-3-7-31/h4-5,9-10,12,25H,2-3,6-8,11H2,1H3,(H,28,32)/t12-/m1/s1. The third-order valence-corrected chi connectivity index (χ3v) is 7.44. The Morgan fingerprint density at radius 2 is 2.06 bits per heavy atom. The zero-order valence-electron chi connectivity index (χ0n) is 18.5. The molecule has 1 fully saturated rings. The monoisotopic (exact) mass is 495 g/mol. The summed E-state index contributed by atoms with van der Waals surface area (Å²) < 4.78 is 7.03. The van der Waals surface area contributed by atoms with Crippen molar-refractivity contribution in [2.45, 2.75) is 32.4 Å². The van der Waals surface area contributed by atoms with Gasteiger partial charge >= 0.3 is 0 Å². The molecule has 11 heteroatoms. The number of aromatic nitrogens is 4. The van der Waals surface area contributed by atoms with Gasteiger partial charge in [-0.25, -0.2) is 15.0 Å². The van der Waals surface area contributed by atoms with Crippen molar-refractivity contribution in [1.82, 2.24) is 30.2 Å². The van der Waals surface area contributed by atoms with Crippen LogP contribution < -0.4 is 15.4 Å². The van der Waals surface area contributed by atoms with Crippen molar-refractivity contribution >= 4 is 55.7 Å². The van der Waals surface area contributed by atoms with Crippen LogP contribution in [0.3, 0.4) is 0 Å². The molecule has 34 heavy (non-hydrogen) atoms. The lowest BCUT2D eigenvalue weighted by Gasteiger charge is -2.16. The maximum absolute atomic E-state index is 12.6. The third kappa shape index (κ3) is 3.91. The molecule has 1 saturated heterocycles. The van der Waals surface area contributed by atoms with Gasteiger partial charge in [-0.05, 0) is 56.6 Å². The zero-order valence-corrected chi connectivity index (χ0v) is 20.0. The van der Waals surface area contributed by atoms with E-state index in [4.69, 9.17) is 16.3 Å². The number of amides is 1. The van der Waals surface area contributed by atoms with E-state index in [1.165, 1.54) is 24.2 Å². The number of anilines is 1. The summed E-state index contributed by atoms with van der Waals surface area (Å²) in [5, 5.41) is 7.44. The van der Waals surface area contributed by atoms with E-state index in [1.54, 1.807) is 12.4 Å². The lowest BCUT2D eigenvalue weighted by Crippen LogP contribution is -2.34. The summed E-state index contributed by atoms with van der Waals surface area (Å²) in [7, 11) is 0. The van der Waals surface area contributed by atoms with E-state index in [2.05, 4.69) is 35.5 Å². The van der Waals surface area contributed by atoms with Crippen LogP contribution in [0.1, 0.15) is 35.0 Å². The van der Waals surface area contributed by atoms with Crippen LogP contribution in [0.15, 0.2) is 24.5 Å². The van der Waals surface area contributed by atoms with Crippen molar-refractivity contribution < 1.29 is 9.53 Å². The molecule has 0 saturated carbocycles. The molecule has 4 aromatic rings. The van der Waals surface area contributed by atoms with Gasteiger partial charge in [0.15, 0.2) is 0 Å². The Hall–Kier alpha value is -3.08. The number of benzene rings is 1. The Balaban J connectivity index is 1.37. The van der Waals surface area contributed by atoms with Crippen molar-refractivity contribution in [3.63, 3.8) is 0 Å². The van der Waals surface area contributed by atoms with Gasteiger partial charge in [-0.3, -0.25) is 9.69 Å². The summed E-state index contributed by atoms with van der Waals surface area (Å²) in [6.07, 6.45) is 5.67. The van der Waals surface area contributed by atoms with E-state index < -0.39 is 0 Å². The number of thiophene rings is 1. The number of rotatable bonds is 4. The maximum atomic E-state index is 12.6. The van der Waals surface area contributed by atoms with Crippen molar-refractivity contribution in [3.8, 4) is 11.8 Å². The van der Waals surface area contributed by atoms with Crippen LogP contribution in [0.2, 0.25) is 5.28 Å². The van der Waals surface area contributed by atoms with E-state index >= 15 is 0 Å². The molecule has 1 atom stereocenters. The van der Waals surface area contributed by atoms with E-state index in [0.717, 1.165) is 39.9 Å². The van der Waals surface area contributed by atoms with Gasteiger partial charge in [0.05, 0.1) is 22.9 Å². The fraction of sp³-hybridized carbons (Fsp3) is 0.348. The summed E-state index contributed by atoms with van der Waals surface area (Å²) in [5.41, 5.74) is 3.06. The summed E-state index contributed by atoms with van der Waals surface area (Å²) >= 11 is 7.51. The molecule has 0 radical (unpaired) electrons. The van der Waals surface area contributed by atoms with E-state index in [0.29, 0.717) is 35.2 Å². The molecular formula is C23H22ClN7O2S. The molecule has 1 aromatic carbocycles. The molecule has 0 spiro atoms. The SMILES string of the molecule is C[C@@H]1CNc2c(sc3ccc4nc(Oc5nc(Cl)ncc5CN5CCCC5)cnc4c23)C(=O)N1. The van der Waals surface area contributed by atoms with Crippen LogP contribution >= 0.6 is 22.9 Å². The number of carbonyl (C=O) groups excluding carboxylic acids is 1. The minimum Gasteiger partial charge on any atom is -0.418 e. The number of nitrogens with one attached hydrogen (secondary N) is 2. The topological polar surface area (TPSA) is 105 Å². The molecule has 9 nitrogen and oxygen atoms in total. The zero-order chi connectivity index (χ0) is 23.2. The number of halogens is 1. The van der Waals surface area contributed by atoms with Crippen LogP contribution in [0.5, 0.6) is 11.8 Å². The second-order valence-electron chi connectivity index (χ2n) is 8.63. The summed E-state index contributed by atoms with van der Waals surface area (Å²) in [5.74, 6) is 0.643. The smallest absolute Gasteiger partial charge is 0.263 e. The maximum Gasteiger partial charge on any atom is 0.263 e. The molecule has 5 heterocycles. The fourth-order valence-electron chi connectivity index (χ4n) is 4.47. The number of hydrogen-bond donors (Lipinski definition) is 2. The van der Waals surface area contributed by atoms with Crippen LogP contribution in [-0.4, -0.2) is 56.4 Å². The predicted molar refractivity (Wildman–Crippen MR) is 132 cm³/mol. The summed E-state index contributed by atoms with van der Waals surface area (Å²) in [4.78, 5) is 33.4. The molecule has 2 aliphatic heterocycles. The minimum absolute atomic E-state index is 0.0395. The quantitative estimate of drug-likeness (QED) is 0.405. The average molecular weight is 496 g/mol. The van der Waals surface area contributed by atoms with Gasteiger partial charge in [0.1, 0.15) is 4.88 Å². The normalized spacial score (nSPS) is 18.5. The lowest BCUT2D eigenvalue weighted by atomic mass is 10.1. The number of nitrogens with zero attached hydrogens (tertiary/aromatic N) is 5. The first kappa shape index (κ1) is 21.5. The molecule has 1 amide bonds. The Kier molecular flexibility index (Phi) is 5.43. The Labute approximate surface area is 204 Å². The van der Waals surface area contributed by atoms with Crippen LogP contribution in [0, 0.1) is 0 Å². The number of ether oxygens (including phenoxy) is 1. The second-order valence-corrected chi connectivity index (χ2v) is 10.0. The molecule has 2 N–H and O–H groups in total. The number of hydrogen-bond acceptors (Lipinski definition) is 9. The average Bonchev–Trinajstić information content (AvgIpc) is 3.44. The van der Waals surface area contributed by atoms with Gasteiger partial charge in [-0.1, -0.05) is 0 Å². The largest absolute Gasteiger partial charge is 0.418 e. The van der Waals surface area contributed by atoms with Gasteiger partial charge in [0.25, 0.3) is 5.91 Å². The molecule has 3 aromatic heterocycles. The Bertz CT molecular complexity index is 1420. The third-order valence-electron chi connectivity index (χ3n) is 6.10. The van der Waals surface area contributed by atoms with E-state index in [9.17, 15) is 4.79 Å². The first-order valence-electron chi connectivity index (χ1n) is 11.2. The molecule has 2 aliphatic rings. The van der Waals surface area contributed by atoms with Crippen molar-refractivity contribution in [2.75, 3.05) is 25.0 Å². The highest BCUT2D eigenvalue weighted by Gasteiger charge is 2.25. The van der Waals surface area contributed by atoms with E-state index in [1.807, 2.05) is 19.1 Å². The lowest BCUT2D eigenvalue weighted by molar-refractivity contribution is 0.0949. The van der Waals surface area contributed by atoms with Crippen molar-refractivity contribution in [2.24, 2.45) is 0 Å². The highest BCUT2D eigenvalue weighted by molar-refractivity contribution is 7.21. The highest BCUT2D eigenvalue weighted by Crippen LogP contribution is 2.40. The van der Waals surface area contributed by atoms with Gasteiger partial charge in [0, 0.05) is 41.0 Å². The molecule has 174 valence electrons. The van der Waals surface area contributed by atoms with Crippen molar-refractivity contribution in [1.29, 1.82) is 0 Å². The molecule has 0 unspecified atom stereocenters. The van der Waals surface area contributed by atoms with Crippen LogP contribution in [0.25, 0.3) is 21.1 Å². The number of likely N-dealkylation sites (tertiary alicyclic amines) is 1. The van der Waals surface area contributed by atoms with Gasteiger partial charge < -0.3 is 15.4 Å². The van der Waals surface area contributed by atoms with Gasteiger partial charge in [0.2, 0.25) is 17.0 Å². The van der Waals surface area contributed by atoms with Crippen LogP contribution in [0.4, 0.5) is 5.69 Å². The van der Waals surface area contributed by atoms with Gasteiger partial charge in [-0.15, -0.1) is 11.3 Å². The first-order chi connectivity index (χ1) is 16.5.